The summed E-state index contributed by atoms with van der Waals surface area (Å²) in [5.41, 5.74) is 1.95. The lowest BCUT2D eigenvalue weighted by atomic mass is 10.0. The lowest BCUT2D eigenvalue weighted by Crippen LogP contribution is -2.50. The number of hydroxylamine groups is 3. The van der Waals surface area contributed by atoms with Crippen molar-refractivity contribution in [2.75, 3.05) is 26.2 Å². The molecule has 0 spiro atoms. The highest BCUT2D eigenvalue weighted by Crippen LogP contribution is 2.30. The van der Waals surface area contributed by atoms with Crippen molar-refractivity contribution < 1.29 is 28.8 Å². The molecule has 3 heterocycles. The molecule has 3 fully saturated rings. The van der Waals surface area contributed by atoms with E-state index in [1.165, 1.54) is 5.06 Å². The van der Waals surface area contributed by atoms with Crippen LogP contribution in [0.5, 0.6) is 0 Å². The molecule has 30 heavy (non-hydrogen) atoms. The first-order chi connectivity index (χ1) is 14.2. The SMILES string of the molecule is CCCCON1C(=O)N2C[C@@H]1CC[C@H]2C(=O)NO[C@H]1CCN(C(=O)OC(C)(C)C)C1. The van der Waals surface area contributed by atoms with E-state index < -0.39 is 11.6 Å². The fourth-order valence-electron chi connectivity index (χ4n) is 3.90. The summed E-state index contributed by atoms with van der Waals surface area (Å²) in [5.74, 6) is -0.340. The van der Waals surface area contributed by atoms with Crippen LogP contribution in [0.25, 0.3) is 0 Å². The van der Waals surface area contributed by atoms with E-state index in [0.29, 0.717) is 45.5 Å². The van der Waals surface area contributed by atoms with Gasteiger partial charge in [0.1, 0.15) is 17.7 Å². The van der Waals surface area contributed by atoms with Crippen LogP contribution in [-0.2, 0) is 19.2 Å². The average Bonchev–Trinajstić information content (AvgIpc) is 3.24. The Morgan fingerprint density at radius 3 is 2.63 bits per heavy atom. The average molecular weight is 427 g/mol. The molecule has 2 bridgehead atoms. The Hall–Kier alpha value is -2.07. The van der Waals surface area contributed by atoms with Crippen molar-refractivity contribution in [2.45, 2.75) is 83.6 Å². The van der Waals surface area contributed by atoms with Gasteiger partial charge in [-0.15, -0.1) is 0 Å². The van der Waals surface area contributed by atoms with E-state index in [1.807, 2.05) is 20.8 Å². The number of nitrogens with one attached hydrogen (secondary N) is 1. The van der Waals surface area contributed by atoms with Gasteiger partial charge in [0.25, 0.3) is 5.91 Å². The molecule has 4 amide bonds. The van der Waals surface area contributed by atoms with E-state index in [2.05, 4.69) is 12.4 Å². The molecule has 170 valence electrons. The number of carbonyl (C=O) groups is 3. The van der Waals surface area contributed by atoms with Gasteiger partial charge in [-0.05, 0) is 46.5 Å². The second kappa shape index (κ2) is 9.38. The number of rotatable bonds is 7. The molecular formula is C20H34N4O6. The van der Waals surface area contributed by atoms with E-state index in [1.54, 1.807) is 9.80 Å². The van der Waals surface area contributed by atoms with Crippen LogP contribution in [0.1, 0.15) is 59.8 Å². The van der Waals surface area contributed by atoms with Crippen molar-refractivity contribution in [3.8, 4) is 0 Å². The summed E-state index contributed by atoms with van der Waals surface area (Å²) >= 11 is 0. The van der Waals surface area contributed by atoms with Gasteiger partial charge in [0.05, 0.1) is 19.2 Å². The maximum Gasteiger partial charge on any atom is 0.410 e. The van der Waals surface area contributed by atoms with E-state index in [4.69, 9.17) is 14.4 Å². The third-order valence-corrected chi connectivity index (χ3v) is 5.48. The molecule has 0 aromatic carbocycles. The largest absolute Gasteiger partial charge is 0.444 e. The van der Waals surface area contributed by atoms with Gasteiger partial charge in [-0.1, -0.05) is 13.3 Å². The summed E-state index contributed by atoms with van der Waals surface area (Å²) in [7, 11) is 0. The van der Waals surface area contributed by atoms with Gasteiger partial charge in [0, 0.05) is 13.1 Å². The molecule has 0 saturated carbocycles. The molecule has 3 aliphatic rings. The molecule has 0 unspecified atom stereocenters. The van der Waals surface area contributed by atoms with Crippen molar-refractivity contribution in [1.29, 1.82) is 0 Å². The van der Waals surface area contributed by atoms with Crippen LogP contribution in [0, 0.1) is 0 Å². The van der Waals surface area contributed by atoms with Crippen LogP contribution in [0.15, 0.2) is 0 Å². The van der Waals surface area contributed by atoms with Crippen LogP contribution in [0.2, 0.25) is 0 Å². The molecule has 3 rings (SSSR count). The highest BCUT2D eigenvalue weighted by atomic mass is 16.7. The number of fused-ring (bicyclic) bond motifs is 2. The zero-order valence-electron chi connectivity index (χ0n) is 18.4. The third kappa shape index (κ3) is 5.34. The van der Waals surface area contributed by atoms with E-state index in [-0.39, 0.29) is 30.2 Å². The summed E-state index contributed by atoms with van der Waals surface area (Å²) in [6.07, 6.45) is 3.07. The molecule has 0 aromatic rings. The maximum absolute atomic E-state index is 12.7. The van der Waals surface area contributed by atoms with Gasteiger partial charge in [-0.25, -0.2) is 15.1 Å². The number of urea groups is 1. The minimum absolute atomic E-state index is 0.00320. The maximum atomic E-state index is 12.7. The van der Waals surface area contributed by atoms with E-state index in [0.717, 1.165) is 12.8 Å². The number of likely N-dealkylation sites (tertiary alicyclic amines) is 1. The number of amides is 4. The molecule has 3 saturated heterocycles. The molecular weight excluding hydrogens is 392 g/mol. The number of unbranched alkanes of at least 4 members (excludes halogenated alkanes) is 1. The van der Waals surface area contributed by atoms with Gasteiger partial charge >= 0.3 is 12.1 Å². The highest BCUT2D eigenvalue weighted by Gasteiger charge is 2.48. The second-order valence-corrected chi connectivity index (χ2v) is 9.12. The summed E-state index contributed by atoms with van der Waals surface area (Å²) in [6, 6.07) is -0.834. The molecule has 1 N–H and O–H groups in total. The minimum Gasteiger partial charge on any atom is -0.444 e. The predicted octanol–water partition coefficient (Wildman–Crippen LogP) is 2.04. The Labute approximate surface area is 177 Å². The molecule has 3 atom stereocenters. The Kier molecular flexibility index (Phi) is 7.07. The fourth-order valence-corrected chi connectivity index (χ4v) is 3.90. The smallest absolute Gasteiger partial charge is 0.410 e. The lowest BCUT2D eigenvalue weighted by Gasteiger charge is -2.29. The van der Waals surface area contributed by atoms with Crippen LogP contribution in [0.4, 0.5) is 9.59 Å². The number of hydrogen-bond acceptors (Lipinski definition) is 6. The minimum atomic E-state index is -0.572. The lowest BCUT2D eigenvalue weighted by molar-refractivity contribution is -0.143. The first-order valence-corrected chi connectivity index (χ1v) is 10.9. The first-order valence-electron chi connectivity index (χ1n) is 10.9. The first kappa shape index (κ1) is 22.6. The van der Waals surface area contributed by atoms with Gasteiger partial charge in [0.2, 0.25) is 0 Å². The van der Waals surface area contributed by atoms with Crippen LogP contribution in [-0.4, -0.2) is 82.9 Å². The van der Waals surface area contributed by atoms with Crippen molar-refractivity contribution in [1.82, 2.24) is 20.3 Å². The Balaban J connectivity index is 1.45. The summed E-state index contributed by atoms with van der Waals surface area (Å²) in [6.45, 7) is 9.37. The number of hydrogen-bond donors (Lipinski definition) is 1. The van der Waals surface area contributed by atoms with Crippen molar-refractivity contribution >= 4 is 18.0 Å². The monoisotopic (exact) mass is 426 g/mol. The zero-order chi connectivity index (χ0) is 21.9. The predicted molar refractivity (Wildman–Crippen MR) is 107 cm³/mol. The normalized spacial score (nSPS) is 26.3. The standard InChI is InChI=1S/C20H34N4O6/c1-5-6-11-28-24-14-7-8-16(23(12-14)18(24)26)17(25)21-30-15-9-10-22(13-15)19(27)29-20(2,3)4/h14-16H,5-13H2,1-4H3,(H,21,25)/t14-,15-,16-/m0/s1. The van der Waals surface area contributed by atoms with Crippen LogP contribution in [0.3, 0.4) is 0 Å². The number of nitrogens with zero attached hydrogens (tertiary/aromatic N) is 3. The van der Waals surface area contributed by atoms with Gasteiger partial charge in [-0.2, -0.15) is 5.06 Å². The molecule has 10 nitrogen and oxygen atoms in total. The van der Waals surface area contributed by atoms with E-state index in [9.17, 15) is 14.4 Å². The molecule has 0 radical (unpaired) electrons. The topological polar surface area (TPSA) is 101 Å². The Morgan fingerprint density at radius 1 is 1.17 bits per heavy atom. The molecule has 0 aliphatic carbocycles. The summed E-state index contributed by atoms with van der Waals surface area (Å²) in [5, 5.41) is 1.43. The van der Waals surface area contributed by atoms with Crippen molar-refractivity contribution in [2.24, 2.45) is 0 Å². The highest BCUT2D eigenvalue weighted by molar-refractivity contribution is 5.88. The zero-order valence-corrected chi connectivity index (χ0v) is 18.4. The summed E-state index contributed by atoms with van der Waals surface area (Å²) in [4.78, 5) is 51.8. The van der Waals surface area contributed by atoms with Crippen molar-refractivity contribution in [3.63, 3.8) is 0 Å². The van der Waals surface area contributed by atoms with Crippen LogP contribution >= 0.6 is 0 Å². The molecule has 0 aromatic heterocycles. The Bertz CT molecular complexity index is 652. The fraction of sp³-hybridized carbons (Fsp3) is 0.850. The number of piperidine rings is 1. The molecule has 3 aliphatic heterocycles. The number of carbonyl (C=O) groups excluding carboxylic acids is 3. The summed E-state index contributed by atoms with van der Waals surface area (Å²) < 4.78 is 5.36. The van der Waals surface area contributed by atoms with Gasteiger partial charge < -0.3 is 14.5 Å². The third-order valence-electron chi connectivity index (χ3n) is 5.48. The number of ether oxygens (including phenoxy) is 1. The second-order valence-electron chi connectivity index (χ2n) is 9.12. The van der Waals surface area contributed by atoms with E-state index >= 15 is 0 Å². The Morgan fingerprint density at radius 2 is 1.93 bits per heavy atom. The van der Waals surface area contributed by atoms with Gasteiger partial charge in [0.15, 0.2) is 0 Å². The molecule has 10 heteroatoms. The van der Waals surface area contributed by atoms with Crippen LogP contribution < -0.4 is 5.48 Å². The van der Waals surface area contributed by atoms with Gasteiger partial charge in [-0.3, -0.25) is 14.5 Å². The quantitative estimate of drug-likeness (QED) is 0.494. The van der Waals surface area contributed by atoms with Crippen molar-refractivity contribution in [3.05, 3.63) is 0 Å².